The van der Waals surface area contributed by atoms with Crippen molar-refractivity contribution in [2.24, 2.45) is 0 Å². The van der Waals surface area contributed by atoms with Crippen molar-refractivity contribution >= 4 is 21.9 Å². The number of alkyl halides is 3. The smallest absolute Gasteiger partial charge is 0.508 e. The van der Waals surface area contributed by atoms with Gasteiger partial charge in [-0.3, -0.25) is 4.55 Å². The summed E-state index contributed by atoms with van der Waals surface area (Å²) in [4.78, 5) is 1.22. The highest BCUT2D eigenvalue weighted by atomic mass is 32.2. The molecule has 3 rings (SSSR count). The monoisotopic (exact) mass is 514 g/mol. The van der Waals surface area contributed by atoms with Gasteiger partial charge in [0.1, 0.15) is 11.5 Å². The van der Waals surface area contributed by atoms with Gasteiger partial charge < -0.3 is 10.2 Å². The van der Waals surface area contributed by atoms with Crippen LogP contribution in [0, 0.1) is 0 Å². The predicted molar refractivity (Wildman–Crippen MR) is 128 cm³/mol. The fraction of sp³-hybridized carbons (Fsp3) is 0.250. The molecular formula is C24H25F3O5S2. The van der Waals surface area contributed by atoms with Gasteiger partial charge in [0.05, 0.1) is 0 Å². The molecule has 0 fully saturated rings. The van der Waals surface area contributed by atoms with Crippen LogP contribution in [0.2, 0.25) is 0 Å². The lowest BCUT2D eigenvalue weighted by Crippen LogP contribution is -2.21. The summed E-state index contributed by atoms with van der Waals surface area (Å²) in [6.45, 7) is 6.72. The summed E-state index contributed by atoms with van der Waals surface area (Å²) in [6, 6.07) is 21.0. The van der Waals surface area contributed by atoms with Crippen molar-refractivity contribution in [3.63, 3.8) is 0 Å². The maximum atomic E-state index is 10.7. The molecule has 0 aliphatic heterocycles. The van der Waals surface area contributed by atoms with Gasteiger partial charge in [-0.2, -0.15) is 21.6 Å². The highest BCUT2D eigenvalue weighted by Crippen LogP contribution is 2.45. The summed E-state index contributed by atoms with van der Waals surface area (Å²) in [5.74, 6) is 0.525. The lowest BCUT2D eigenvalue weighted by Gasteiger charge is -2.25. The van der Waals surface area contributed by atoms with E-state index < -0.39 is 15.6 Å². The Morgan fingerprint density at radius 1 is 0.824 bits per heavy atom. The Hall–Kier alpha value is -2.69. The van der Waals surface area contributed by atoms with Gasteiger partial charge in [-0.15, -0.1) is 11.8 Å². The van der Waals surface area contributed by atoms with Gasteiger partial charge in [-0.25, -0.2) is 0 Å². The van der Waals surface area contributed by atoms with Crippen molar-refractivity contribution in [1.82, 2.24) is 0 Å². The molecule has 3 aromatic rings. The van der Waals surface area contributed by atoms with Crippen molar-refractivity contribution in [3.05, 3.63) is 66.7 Å². The zero-order valence-corrected chi connectivity index (χ0v) is 20.3. The number of hydrogen-bond acceptors (Lipinski definition) is 5. The number of thioether (sulfide) groups is 1. The lowest BCUT2D eigenvalue weighted by molar-refractivity contribution is -0.0510. The topological polar surface area (TPSA) is 94.8 Å². The fourth-order valence-electron chi connectivity index (χ4n) is 2.79. The first-order valence-corrected chi connectivity index (χ1v) is 12.3. The molecule has 0 atom stereocenters. The molecule has 0 saturated carbocycles. The Labute approximate surface area is 201 Å². The Morgan fingerprint density at radius 2 is 1.26 bits per heavy atom. The van der Waals surface area contributed by atoms with Crippen molar-refractivity contribution in [1.29, 1.82) is 0 Å². The molecule has 0 spiro atoms. The van der Waals surface area contributed by atoms with Crippen LogP contribution in [0.3, 0.4) is 0 Å². The number of benzene rings is 3. The normalized spacial score (nSPS) is 12.1. The molecule has 0 bridgehead atoms. The summed E-state index contributed by atoms with van der Waals surface area (Å²) in [6.07, 6.45) is 1.07. The minimum Gasteiger partial charge on any atom is -0.508 e. The number of hydrogen-bond donors (Lipinski definition) is 3. The van der Waals surface area contributed by atoms with E-state index in [-0.39, 0.29) is 16.2 Å². The molecule has 0 unspecified atom stereocenters. The first-order chi connectivity index (χ1) is 15.6. The second kappa shape index (κ2) is 10.7. The standard InChI is InChI=1S/C23H24O2S.CHF3O3S/c1-4-23(2,3)26-21-7-5-6-20(16-8-12-18(24)13-9-16)22(21)17-10-14-19(25)15-11-17;2-1(3,4)8(5,6)7/h5-15,24-25H,4H2,1-3H3;(H,5,6,7). The second-order valence-electron chi connectivity index (χ2n) is 7.91. The number of phenols is 2. The Kier molecular flexibility index (Phi) is 8.68. The molecule has 0 amide bonds. The fourth-order valence-corrected chi connectivity index (χ4v) is 4.01. The minimum absolute atomic E-state index is 0.124. The largest absolute Gasteiger partial charge is 0.522 e. The van der Waals surface area contributed by atoms with Crippen LogP contribution < -0.4 is 0 Å². The predicted octanol–water partition coefficient (Wildman–Crippen LogP) is 7.11. The average molecular weight is 515 g/mol. The van der Waals surface area contributed by atoms with Gasteiger partial charge in [-0.1, -0.05) is 57.2 Å². The molecule has 0 radical (unpaired) electrons. The van der Waals surface area contributed by atoms with E-state index in [2.05, 4.69) is 39.0 Å². The van der Waals surface area contributed by atoms with Gasteiger partial charge in [0.25, 0.3) is 0 Å². The Bertz CT molecular complexity index is 1200. The van der Waals surface area contributed by atoms with Crippen LogP contribution in [0.15, 0.2) is 71.6 Å². The van der Waals surface area contributed by atoms with E-state index in [1.807, 2.05) is 36.0 Å². The first-order valence-electron chi connectivity index (χ1n) is 10.1. The molecular weight excluding hydrogens is 489 g/mol. The molecule has 3 N–H and O–H groups in total. The SMILES string of the molecule is CCC(C)(C)Sc1cccc(-c2ccc(O)cc2)c1-c1ccc(O)cc1.O=S(=O)(O)C(F)(F)F. The van der Waals surface area contributed by atoms with E-state index >= 15 is 0 Å². The van der Waals surface area contributed by atoms with Crippen molar-refractivity contribution < 1.29 is 36.4 Å². The van der Waals surface area contributed by atoms with E-state index in [0.29, 0.717) is 0 Å². The third-order valence-corrected chi connectivity index (χ3v) is 6.88. The van der Waals surface area contributed by atoms with Gasteiger partial charge in [0.2, 0.25) is 0 Å². The maximum Gasteiger partial charge on any atom is 0.522 e. The van der Waals surface area contributed by atoms with E-state index in [1.54, 1.807) is 24.3 Å². The molecule has 5 nitrogen and oxygen atoms in total. The molecule has 184 valence electrons. The Morgan fingerprint density at radius 3 is 1.68 bits per heavy atom. The van der Waals surface area contributed by atoms with E-state index in [4.69, 9.17) is 13.0 Å². The molecule has 0 aromatic heterocycles. The summed E-state index contributed by atoms with van der Waals surface area (Å²) in [5, 5.41) is 19.3. The van der Waals surface area contributed by atoms with Crippen molar-refractivity contribution in [3.8, 4) is 33.8 Å². The first kappa shape index (κ1) is 27.6. The van der Waals surface area contributed by atoms with Crippen LogP contribution in [0.5, 0.6) is 11.5 Å². The molecule has 0 aliphatic carbocycles. The second-order valence-corrected chi connectivity index (χ2v) is 11.1. The number of rotatable bonds is 5. The minimum atomic E-state index is -5.84. The summed E-state index contributed by atoms with van der Waals surface area (Å²) in [5.41, 5.74) is -1.13. The molecule has 0 aliphatic rings. The van der Waals surface area contributed by atoms with Crippen molar-refractivity contribution in [2.45, 2.75) is 42.3 Å². The third-order valence-electron chi connectivity index (χ3n) is 4.89. The maximum absolute atomic E-state index is 10.7. The van der Waals surface area contributed by atoms with E-state index in [9.17, 15) is 23.4 Å². The van der Waals surface area contributed by atoms with Crippen LogP contribution in [-0.2, 0) is 10.1 Å². The number of phenolic OH excluding ortho intramolecular Hbond substituents is 2. The van der Waals surface area contributed by atoms with Crippen LogP contribution >= 0.6 is 11.8 Å². The van der Waals surface area contributed by atoms with Crippen LogP contribution in [0.25, 0.3) is 22.3 Å². The third kappa shape index (κ3) is 7.41. The zero-order valence-electron chi connectivity index (χ0n) is 18.7. The molecule has 3 aromatic carbocycles. The number of aromatic hydroxyl groups is 2. The van der Waals surface area contributed by atoms with Gasteiger partial charge in [0.15, 0.2) is 0 Å². The van der Waals surface area contributed by atoms with Gasteiger partial charge in [-0.05, 0) is 53.4 Å². The van der Waals surface area contributed by atoms with E-state index in [0.717, 1.165) is 28.7 Å². The highest BCUT2D eigenvalue weighted by molar-refractivity contribution is 8.00. The average Bonchev–Trinajstić information content (AvgIpc) is 2.74. The highest BCUT2D eigenvalue weighted by Gasteiger charge is 2.44. The Balaban J connectivity index is 0.000000440. The summed E-state index contributed by atoms with van der Waals surface area (Å²) < 4.78 is 57.7. The quantitative estimate of drug-likeness (QED) is 0.191. The van der Waals surface area contributed by atoms with Crippen molar-refractivity contribution in [2.75, 3.05) is 0 Å². The van der Waals surface area contributed by atoms with Gasteiger partial charge >= 0.3 is 15.6 Å². The number of halogens is 3. The lowest BCUT2D eigenvalue weighted by atomic mass is 9.94. The van der Waals surface area contributed by atoms with Gasteiger partial charge in [0, 0.05) is 15.2 Å². The van der Waals surface area contributed by atoms with E-state index in [1.165, 1.54) is 4.90 Å². The summed E-state index contributed by atoms with van der Waals surface area (Å²) in [7, 11) is -5.84. The van der Waals surface area contributed by atoms with Crippen LogP contribution in [0.1, 0.15) is 27.2 Å². The molecule has 0 saturated heterocycles. The molecule has 0 heterocycles. The van der Waals surface area contributed by atoms with Crippen LogP contribution in [-0.4, -0.2) is 33.4 Å². The van der Waals surface area contributed by atoms with Crippen LogP contribution in [0.4, 0.5) is 13.2 Å². The summed E-state index contributed by atoms with van der Waals surface area (Å²) >= 11 is 1.87. The zero-order chi connectivity index (χ0) is 25.7. The molecule has 10 heteroatoms. The molecule has 34 heavy (non-hydrogen) atoms.